The van der Waals surface area contributed by atoms with E-state index in [0.717, 1.165) is 12.1 Å². The third-order valence-electron chi connectivity index (χ3n) is 1.84. The van der Waals surface area contributed by atoms with Gasteiger partial charge < -0.3 is 9.47 Å². The number of rotatable bonds is 4. The van der Waals surface area contributed by atoms with Crippen LogP contribution in [0.3, 0.4) is 0 Å². The number of benzene rings is 1. The average molecular weight is 216 g/mol. The van der Waals surface area contributed by atoms with Crippen LogP contribution in [0.1, 0.15) is 10.4 Å². The van der Waals surface area contributed by atoms with Crippen molar-refractivity contribution in [2.45, 2.75) is 6.29 Å². The molecule has 0 spiro atoms. The number of ketones is 1. The molecule has 3 nitrogen and oxygen atoms in total. The number of halogens is 2. The van der Waals surface area contributed by atoms with Crippen molar-refractivity contribution in [3.05, 3.63) is 35.4 Å². The lowest BCUT2D eigenvalue weighted by Gasteiger charge is -2.12. The summed E-state index contributed by atoms with van der Waals surface area (Å²) in [6.45, 7) is 0. The van der Waals surface area contributed by atoms with Crippen molar-refractivity contribution in [3.63, 3.8) is 0 Å². The summed E-state index contributed by atoms with van der Waals surface area (Å²) in [6.07, 6.45) is -1.18. The van der Waals surface area contributed by atoms with Gasteiger partial charge in [-0.25, -0.2) is 8.78 Å². The van der Waals surface area contributed by atoms with Crippen molar-refractivity contribution in [1.29, 1.82) is 0 Å². The zero-order valence-corrected chi connectivity index (χ0v) is 8.29. The number of Topliss-reactive ketones (excluding diaryl/α,β-unsaturated/α-hetero) is 1. The molecule has 0 unspecified atom stereocenters. The molecule has 0 aromatic heterocycles. The fourth-order valence-electron chi connectivity index (χ4n) is 1.13. The minimum Gasteiger partial charge on any atom is -0.349 e. The lowest BCUT2D eigenvalue weighted by molar-refractivity contribution is -0.0743. The average Bonchev–Trinajstić information content (AvgIpc) is 2.19. The van der Waals surface area contributed by atoms with E-state index in [1.165, 1.54) is 14.2 Å². The van der Waals surface area contributed by atoms with Crippen LogP contribution in [0.15, 0.2) is 18.2 Å². The van der Waals surface area contributed by atoms with E-state index in [4.69, 9.17) is 0 Å². The molecule has 1 aromatic rings. The Bertz CT molecular complexity index is 362. The lowest BCUT2D eigenvalue weighted by atomic mass is 10.1. The number of methoxy groups -OCH3 is 2. The maximum Gasteiger partial charge on any atom is 0.222 e. The van der Waals surface area contributed by atoms with E-state index in [1.807, 2.05) is 0 Å². The summed E-state index contributed by atoms with van der Waals surface area (Å²) in [5.74, 6) is -2.35. The van der Waals surface area contributed by atoms with Crippen LogP contribution in [0.25, 0.3) is 0 Å². The molecule has 0 N–H and O–H groups in total. The van der Waals surface area contributed by atoms with Crippen molar-refractivity contribution in [2.75, 3.05) is 14.2 Å². The highest BCUT2D eigenvalue weighted by molar-refractivity contribution is 5.98. The number of carbonyl (C=O) groups excluding carboxylic acids is 1. The predicted octanol–water partition coefficient (Wildman–Crippen LogP) is 1.77. The molecule has 0 saturated heterocycles. The smallest absolute Gasteiger partial charge is 0.222 e. The van der Waals surface area contributed by atoms with Crippen molar-refractivity contribution in [1.82, 2.24) is 0 Å². The maximum absolute atomic E-state index is 13.2. The Hall–Kier alpha value is -1.33. The van der Waals surface area contributed by atoms with Crippen LogP contribution in [0, 0.1) is 11.6 Å². The first-order chi connectivity index (χ1) is 7.10. The Morgan fingerprint density at radius 2 is 1.87 bits per heavy atom. The predicted molar refractivity (Wildman–Crippen MR) is 48.5 cm³/mol. The van der Waals surface area contributed by atoms with Crippen LogP contribution in [0.2, 0.25) is 0 Å². The highest BCUT2D eigenvalue weighted by atomic mass is 19.1. The molecule has 0 aliphatic rings. The van der Waals surface area contributed by atoms with E-state index in [0.29, 0.717) is 6.07 Å². The zero-order valence-electron chi connectivity index (χ0n) is 8.29. The molecule has 0 saturated carbocycles. The number of carbonyl (C=O) groups is 1. The monoisotopic (exact) mass is 216 g/mol. The van der Waals surface area contributed by atoms with Crippen molar-refractivity contribution in [3.8, 4) is 0 Å². The van der Waals surface area contributed by atoms with Crippen molar-refractivity contribution in [2.24, 2.45) is 0 Å². The summed E-state index contributed by atoms with van der Waals surface area (Å²) in [5.41, 5.74) is -0.259. The lowest BCUT2D eigenvalue weighted by Crippen LogP contribution is -2.25. The third kappa shape index (κ3) is 2.57. The van der Waals surface area contributed by atoms with Crippen LogP contribution in [-0.4, -0.2) is 26.3 Å². The molecule has 0 radical (unpaired) electrons. The summed E-state index contributed by atoms with van der Waals surface area (Å²) in [4.78, 5) is 11.5. The van der Waals surface area contributed by atoms with Crippen molar-refractivity contribution >= 4 is 5.78 Å². The Labute approximate surface area is 85.6 Å². The SMILES string of the molecule is COC(OC)C(=O)c1ccc(F)cc1F. The van der Waals surface area contributed by atoms with Gasteiger partial charge in [0.05, 0.1) is 5.56 Å². The summed E-state index contributed by atoms with van der Waals surface area (Å²) in [7, 11) is 2.51. The Morgan fingerprint density at radius 1 is 1.27 bits per heavy atom. The molecule has 0 atom stereocenters. The molecule has 0 bridgehead atoms. The Kier molecular flexibility index (Phi) is 3.88. The first kappa shape index (κ1) is 11.7. The molecule has 5 heteroatoms. The van der Waals surface area contributed by atoms with E-state index in [1.54, 1.807) is 0 Å². The van der Waals surface area contributed by atoms with Gasteiger partial charge in [-0.2, -0.15) is 0 Å². The van der Waals surface area contributed by atoms with Gasteiger partial charge in [0, 0.05) is 20.3 Å². The largest absolute Gasteiger partial charge is 0.349 e. The second kappa shape index (κ2) is 4.95. The first-order valence-corrected chi connectivity index (χ1v) is 4.15. The molecular weight excluding hydrogens is 206 g/mol. The standard InChI is InChI=1S/C10H10F2O3/c1-14-10(15-2)9(13)7-4-3-6(11)5-8(7)12/h3-5,10H,1-2H3. The first-order valence-electron chi connectivity index (χ1n) is 4.15. The summed E-state index contributed by atoms with van der Waals surface area (Å²) in [6, 6.07) is 2.69. The molecule has 15 heavy (non-hydrogen) atoms. The minimum absolute atomic E-state index is 0.259. The number of hydrogen-bond donors (Lipinski definition) is 0. The molecule has 0 amide bonds. The second-order valence-corrected chi connectivity index (χ2v) is 2.79. The van der Waals surface area contributed by atoms with Gasteiger partial charge >= 0.3 is 0 Å². The number of hydrogen-bond acceptors (Lipinski definition) is 3. The van der Waals surface area contributed by atoms with Gasteiger partial charge in [-0.1, -0.05) is 0 Å². The quantitative estimate of drug-likeness (QED) is 0.568. The third-order valence-corrected chi connectivity index (χ3v) is 1.84. The van der Waals surface area contributed by atoms with E-state index in [9.17, 15) is 13.6 Å². The van der Waals surface area contributed by atoms with Crippen LogP contribution >= 0.6 is 0 Å². The van der Waals surface area contributed by atoms with Gasteiger partial charge in [0.2, 0.25) is 12.1 Å². The summed E-state index contributed by atoms with van der Waals surface area (Å²) < 4.78 is 35.1. The summed E-state index contributed by atoms with van der Waals surface area (Å²) in [5, 5.41) is 0. The molecule has 0 aliphatic heterocycles. The highest BCUT2D eigenvalue weighted by Crippen LogP contribution is 2.13. The van der Waals surface area contributed by atoms with E-state index in [-0.39, 0.29) is 5.56 Å². The summed E-state index contributed by atoms with van der Waals surface area (Å²) >= 11 is 0. The van der Waals surface area contributed by atoms with Gasteiger partial charge in [0.15, 0.2) is 0 Å². The molecule has 1 aromatic carbocycles. The minimum atomic E-state index is -1.18. The normalized spacial score (nSPS) is 10.7. The molecule has 0 fully saturated rings. The molecule has 0 aliphatic carbocycles. The molecular formula is C10H10F2O3. The maximum atomic E-state index is 13.2. The van der Waals surface area contributed by atoms with Gasteiger partial charge in [0.1, 0.15) is 11.6 Å². The topological polar surface area (TPSA) is 35.5 Å². The van der Waals surface area contributed by atoms with Gasteiger partial charge in [0.25, 0.3) is 0 Å². The Morgan fingerprint density at radius 3 is 2.33 bits per heavy atom. The zero-order chi connectivity index (χ0) is 11.4. The molecule has 1 rings (SSSR count). The fourth-order valence-corrected chi connectivity index (χ4v) is 1.13. The van der Waals surface area contributed by atoms with E-state index in [2.05, 4.69) is 9.47 Å². The van der Waals surface area contributed by atoms with Gasteiger partial charge in [-0.05, 0) is 12.1 Å². The van der Waals surface area contributed by atoms with Gasteiger partial charge in [-0.3, -0.25) is 4.79 Å². The van der Waals surface area contributed by atoms with E-state index < -0.39 is 23.7 Å². The van der Waals surface area contributed by atoms with Crippen LogP contribution < -0.4 is 0 Å². The van der Waals surface area contributed by atoms with Crippen LogP contribution in [0.4, 0.5) is 8.78 Å². The molecule has 82 valence electrons. The Balaban J connectivity index is 3.00. The van der Waals surface area contributed by atoms with E-state index >= 15 is 0 Å². The molecule has 0 heterocycles. The van der Waals surface area contributed by atoms with Crippen molar-refractivity contribution < 1.29 is 23.0 Å². The fraction of sp³-hybridized carbons (Fsp3) is 0.300. The van der Waals surface area contributed by atoms with Gasteiger partial charge in [-0.15, -0.1) is 0 Å². The second-order valence-electron chi connectivity index (χ2n) is 2.79. The van der Waals surface area contributed by atoms with Crippen LogP contribution in [-0.2, 0) is 9.47 Å². The highest BCUT2D eigenvalue weighted by Gasteiger charge is 2.22. The van der Waals surface area contributed by atoms with Crippen LogP contribution in [0.5, 0.6) is 0 Å². The number of ether oxygens (including phenoxy) is 2.